The number of benzene rings is 2. The van der Waals surface area contributed by atoms with Gasteiger partial charge in [-0.25, -0.2) is 9.37 Å². The summed E-state index contributed by atoms with van der Waals surface area (Å²) in [7, 11) is 0. The van der Waals surface area contributed by atoms with Crippen molar-refractivity contribution in [1.29, 1.82) is 0 Å². The Balaban J connectivity index is 1.69. The summed E-state index contributed by atoms with van der Waals surface area (Å²) in [5.41, 5.74) is 5.29. The minimum Gasteiger partial charge on any atom is -0.472 e. The summed E-state index contributed by atoms with van der Waals surface area (Å²) in [4.78, 5) is 20.0. The Morgan fingerprint density at radius 2 is 1.97 bits per heavy atom. The highest BCUT2D eigenvalue weighted by Crippen LogP contribution is 2.34. The van der Waals surface area contributed by atoms with Gasteiger partial charge in [0.2, 0.25) is 5.88 Å². The van der Waals surface area contributed by atoms with Crippen LogP contribution in [-0.2, 0) is 12.8 Å². The molecule has 0 aliphatic rings. The number of imidazole rings is 1. The number of ether oxygens (including phenoxy) is 1. The van der Waals surface area contributed by atoms with Crippen LogP contribution in [0.15, 0.2) is 48.8 Å². The SMILES string of the molecule is NC(=O)c1sc(-n2cnc3ccc(F)cc32)nc1OCc1ccccc1C(F)(F)F. The van der Waals surface area contributed by atoms with Crippen LogP contribution in [0, 0.1) is 5.82 Å². The highest BCUT2D eigenvalue weighted by molar-refractivity contribution is 7.16. The second kappa shape index (κ2) is 7.41. The number of nitrogens with zero attached hydrogens (tertiary/aromatic N) is 3. The topological polar surface area (TPSA) is 83.0 Å². The van der Waals surface area contributed by atoms with E-state index in [1.807, 2.05) is 0 Å². The maximum Gasteiger partial charge on any atom is 0.416 e. The molecule has 30 heavy (non-hydrogen) atoms. The monoisotopic (exact) mass is 436 g/mol. The van der Waals surface area contributed by atoms with E-state index in [0.29, 0.717) is 11.0 Å². The van der Waals surface area contributed by atoms with Gasteiger partial charge in [0.05, 0.1) is 16.6 Å². The summed E-state index contributed by atoms with van der Waals surface area (Å²) < 4.78 is 60.0. The fourth-order valence-electron chi connectivity index (χ4n) is 2.85. The van der Waals surface area contributed by atoms with Crippen molar-refractivity contribution in [3.8, 4) is 11.0 Å². The number of aromatic nitrogens is 3. The summed E-state index contributed by atoms with van der Waals surface area (Å²) in [6.45, 7) is -0.474. The number of carbonyl (C=O) groups is 1. The molecule has 0 bridgehead atoms. The smallest absolute Gasteiger partial charge is 0.416 e. The van der Waals surface area contributed by atoms with Crippen molar-refractivity contribution in [1.82, 2.24) is 14.5 Å². The van der Waals surface area contributed by atoms with E-state index in [-0.39, 0.29) is 21.5 Å². The molecule has 0 aliphatic carbocycles. The van der Waals surface area contributed by atoms with Crippen molar-refractivity contribution in [2.45, 2.75) is 12.8 Å². The largest absolute Gasteiger partial charge is 0.472 e. The average Bonchev–Trinajstić information content (AvgIpc) is 3.29. The Hall–Kier alpha value is -3.47. The summed E-state index contributed by atoms with van der Waals surface area (Å²) in [5, 5.41) is 0.205. The van der Waals surface area contributed by atoms with Gasteiger partial charge in [-0.15, -0.1) is 0 Å². The van der Waals surface area contributed by atoms with E-state index in [1.54, 1.807) is 0 Å². The molecule has 0 spiro atoms. The molecule has 2 aromatic carbocycles. The third kappa shape index (κ3) is 3.71. The van der Waals surface area contributed by atoms with Gasteiger partial charge in [0, 0.05) is 11.6 Å². The number of hydrogen-bond acceptors (Lipinski definition) is 5. The molecule has 0 aliphatic heterocycles. The zero-order chi connectivity index (χ0) is 21.5. The molecule has 154 valence electrons. The van der Waals surface area contributed by atoms with Crippen LogP contribution in [0.4, 0.5) is 17.6 Å². The van der Waals surface area contributed by atoms with Gasteiger partial charge in [0.25, 0.3) is 5.91 Å². The molecule has 1 amide bonds. The Morgan fingerprint density at radius 1 is 1.20 bits per heavy atom. The third-order valence-electron chi connectivity index (χ3n) is 4.21. The third-order valence-corrected chi connectivity index (χ3v) is 5.26. The minimum absolute atomic E-state index is 0.0762. The standard InChI is InChI=1S/C19H12F4N4O2S/c20-11-5-6-13-14(7-11)27(9-25-13)18-26-17(15(30-18)16(24)28)29-8-10-3-1-2-4-12(10)19(21,22)23/h1-7,9H,8H2,(H2,24,28). The highest BCUT2D eigenvalue weighted by atomic mass is 32.1. The number of nitrogens with two attached hydrogens (primary N) is 1. The molecule has 2 heterocycles. The van der Waals surface area contributed by atoms with E-state index < -0.39 is 30.1 Å². The van der Waals surface area contributed by atoms with Gasteiger partial charge in [0.15, 0.2) is 10.0 Å². The van der Waals surface area contributed by atoms with Crippen LogP contribution in [-0.4, -0.2) is 20.4 Å². The first kappa shape index (κ1) is 19.8. The lowest BCUT2D eigenvalue weighted by Gasteiger charge is -2.12. The maximum absolute atomic E-state index is 13.6. The van der Waals surface area contributed by atoms with Crippen molar-refractivity contribution in [3.05, 3.63) is 70.6 Å². The number of amides is 1. The second-order valence-electron chi connectivity index (χ2n) is 6.19. The van der Waals surface area contributed by atoms with Gasteiger partial charge in [-0.05, 0) is 18.2 Å². The van der Waals surface area contributed by atoms with E-state index in [4.69, 9.17) is 10.5 Å². The number of hydrogen-bond donors (Lipinski definition) is 1. The molecule has 6 nitrogen and oxygen atoms in total. The quantitative estimate of drug-likeness (QED) is 0.473. The summed E-state index contributed by atoms with van der Waals surface area (Å²) in [6, 6.07) is 8.90. The molecule has 4 aromatic rings. The molecule has 11 heteroatoms. The number of primary amides is 1. The first-order valence-electron chi connectivity index (χ1n) is 8.45. The molecule has 2 aromatic heterocycles. The van der Waals surface area contributed by atoms with Crippen molar-refractivity contribution in [2.24, 2.45) is 5.73 Å². The lowest BCUT2D eigenvalue weighted by atomic mass is 10.1. The molecule has 0 saturated carbocycles. The molecule has 0 unspecified atom stereocenters. The van der Waals surface area contributed by atoms with Crippen LogP contribution in [0.3, 0.4) is 0 Å². The molecule has 4 rings (SSSR count). The van der Waals surface area contributed by atoms with Crippen molar-refractivity contribution < 1.29 is 27.1 Å². The Kier molecular flexibility index (Phi) is 4.90. The van der Waals surface area contributed by atoms with E-state index in [0.717, 1.165) is 17.4 Å². The molecule has 0 saturated heterocycles. The van der Waals surface area contributed by atoms with Gasteiger partial charge >= 0.3 is 6.18 Å². The first-order chi connectivity index (χ1) is 14.2. The van der Waals surface area contributed by atoms with Crippen LogP contribution in [0.1, 0.15) is 20.8 Å². The van der Waals surface area contributed by atoms with Crippen LogP contribution >= 0.6 is 11.3 Å². The van der Waals surface area contributed by atoms with Gasteiger partial charge in [-0.2, -0.15) is 18.2 Å². The number of thiazole rings is 1. The van der Waals surface area contributed by atoms with Crippen LogP contribution in [0.5, 0.6) is 5.88 Å². The molecule has 0 fully saturated rings. The Labute approximate surface area is 170 Å². The van der Waals surface area contributed by atoms with Gasteiger partial charge < -0.3 is 10.5 Å². The predicted octanol–water partition coefficient (Wildman–Crippen LogP) is 4.32. The fourth-order valence-corrected chi connectivity index (χ4v) is 3.70. The van der Waals surface area contributed by atoms with Crippen LogP contribution < -0.4 is 10.5 Å². The van der Waals surface area contributed by atoms with Gasteiger partial charge in [0.1, 0.15) is 18.8 Å². The van der Waals surface area contributed by atoms with Crippen molar-refractivity contribution >= 4 is 28.3 Å². The second-order valence-corrected chi connectivity index (χ2v) is 7.16. The summed E-state index contributed by atoms with van der Waals surface area (Å²) >= 11 is 0.859. The normalized spacial score (nSPS) is 11.7. The number of alkyl halides is 3. The van der Waals surface area contributed by atoms with Crippen molar-refractivity contribution in [3.63, 3.8) is 0 Å². The zero-order valence-corrected chi connectivity index (χ0v) is 15.8. The molecular weight excluding hydrogens is 424 g/mol. The average molecular weight is 436 g/mol. The fraction of sp³-hybridized carbons (Fsp3) is 0.105. The molecular formula is C19H12F4N4O2S. The van der Waals surface area contributed by atoms with E-state index in [9.17, 15) is 22.4 Å². The first-order valence-corrected chi connectivity index (χ1v) is 9.27. The number of fused-ring (bicyclic) bond motifs is 1. The van der Waals surface area contributed by atoms with E-state index in [2.05, 4.69) is 9.97 Å². The number of halogens is 4. The van der Waals surface area contributed by atoms with E-state index >= 15 is 0 Å². The maximum atomic E-state index is 13.6. The zero-order valence-electron chi connectivity index (χ0n) is 15.0. The minimum atomic E-state index is -4.56. The summed E-state index contributed by atoms with van der Waals surface area (Å²) in [6.07, 6.45) is -3.17. The lowest BCUT2D eigenvalue weighted by Crippen LogP contribution is -2.13. The number of rotatable bonds is 5. The van der Waals surface area contributed by atoms with Gasteiger partial charge in [-0.1, -0.05) is 29.5 Å². The summed E-state index contributed by atoms with van der Waals surface area (Å²) in [5.74, 6) is -1.55. The Bertz CT molecular complexity index is 1250. The number of carbonyl (C=O) groups excluding carboxylic acids is 1. The highest BCUT2D eigenvalue weighted by Gasteiger charge is 2.33. The van der Waals surface area contributed by atoms with Gasteiger partial charge in [-0.3, -0.25) is 9.36 Å². The van der Waals surface area contributed by atoms with Crippen molar-refractivity contribution in [2.75, 3.05) is 0 Å². The van der Waals surface area contributed by atoms with E-state index in [1.165, 1.54) is 47.3 Å². The molecule has 0 atom stereocenters. The Morgan fingerprint density at radius 3 is 2.70 bits per heavy atom. The predicted molar refractivity (Wildman–Crippen MR) is 101 cm³/mol. The molecule has 2 N–H and O–H groups in total. The molecule has 0 radical (unpaired) electrons. The van der Waals surface area contributed by atoms with Crippen LogP contribution in [0.2, 0.25) is 0 Å². The lowest BCUT2D eigenvalue weighted by molar-refractivity contribution is -0.138. The van der Waals surface area contributed by atoms with Crippen LogP contribution in [0.25, 0.3) is 16.2 Å².